The molecular formula is C23H28N4O2. The van der Waals surface area contributed by atoms with Crippen molar-refractivity contribution < 1.29 is 9.59 Å². The summed E-state index contributed by atoms with van der Waals surface area (Å²) in [7, 11) is 0. The van der Waals surface area contributed by atoms with E-state index in [1.54, 1.807) is 4.90 Å². The molecule has 2 aromatic carbocycles. The van der Waals surface area contributed by atoms with Gasteiger partial charge in [-0.05, 0) is 50.1 Å². The number of anilines is 3. The number of nitrogens with zero attached hydrogens (tertiary/aromatic N) is 3. The molecule has 0 saturated carbocycles. The predicted octanol–water partition coefficient (Wildman–Crippen LogP) is 2.80. The Kier molecular flexibility index (Phi) is 5.28. The summed E-state index contributed by atoms with van der Waals surface area (Å²) in [4.78, 5) is 31.6. The van der Waals surface area contributed by atoms with E-state index in [-0.39, 0.29) is 24.4 Å². The summed E-state index contributed by atoms with van der Waals surface area (Å²) in [6.07, 6.45) is 0. The Labute approximate surface area is 172 Å². The zero-order chi connectivity index (χ0) is 20.5. The van der Waals surface area contributed by atoms with Gasteiger partial charge >= 0.3 is 0 Å². The first-order valence-electron chi connectivity index (χ1n) is 10.2. The predicted molar refractivity (Wildman–Crippen MR) is 117 cm³/mol. The quantitative estimate of drug-likeness (QED) is 0.873. The smallest absolute Gasteiger partial charge is 0.244 e. The molecule has 0 spiro atoms. The molecule has 1 N–H and O–H groups in total. The third kappa shape index (κ3) is 3.72. The minimum Gasteiger partial charge on any atom is -0.369 e. The van der Waals surface area contributed by atoms with Crippen LogP contribution in [0.25, 0.3) is 0 Å². The van der Waals surface area contributed by atoms with Gasteiger partial charge in [0.1, 0.15) is 6.54 Å². The van der Waals surface area contributed by atoms with E-state index in [4.69, 9.17) is 0 Å². The van der Waals surface area contributed by atoms with Crippen molar-refractivity contribution in [2.45, 2.75) is 26.8 Å². The molecule has 2 amide bonds. The van der Waals surface area contributed by atoms with Crippen LogP contribution in [0.3, 0.4) is 0 Å². The second-order valence-corrected chi connectivity index (χ2v) is 7.91. The van der Waals surface area contributed by atoms with Crippen molar-refractivity contribution in [2.24, 2.45) is 0 Å². The molecule has 2 heterocycles. The van der Waals surface area contributed by atoms with Gasteiger partial charge in [-0.25, -0.2) is 0 Å². The van der Waals surface area contributed by atoms with Crippen molar-refractivity contribution in [1.82, 2.24) is 4.90 Å². The normalized spacial score (nSPS) is 18.2. The fourth-order valence-corrected chi connectivity index (χ4v) is 4.24. The van der Waals surface area contributed by atoms with Gasteiger partial charge in [0.2, 0.25) is 11.8 Å². The fourth-order valence-electron chi connectivity index (χ4n) is 4.24. The van der Waals surface area contributed by atoms with E-state index in [1.807, 2.05) is 31.2 Å². The lowest BCUT2D eigenvalue weighted by molar-refractivity contribution is -0.125. The Bertz CT molecular complexity index is 934. The lowest BCUT2D eigenvalue weighted by atomic mass is 10.1. The molecule has 4 rings (SSSR count). The van der Waals surface area contributed by atoms with Gasteiger partial charge in [-0.1, -0.05) is 24.3 Å². The Hall–Kier alpha value is -2.86. The molecule has 152 valence electrons. The summed E-state index contributed by atoms with van der Waals surface area (Å²) < 4.78 is 0. The first kappa shape index (κ1) is 19.5. The number of hydrogen-bond acceptors (Lipinski definition) is 4. The van der Waals surface area contributed by atoms with Gasteiger partial charge in [-0.3, -0.25) is 19.4 Å². The highest BCUT2D eigenvalue weighted by Gasteiger charge is 2.33. The number of piperazine rings is 1. The Morgan fingerprint density at radius 2 is 1.66 bits per heavy atom. The number of hydrogen-bond donors (Lipinski definition) is 1. The van der Waals surface area contributed by atoms with Crippen LogP contribution < -0.4 is 15.1 Å². The number of nitrogens with one attached hydrogen (secondary N) is 1. The maximum atomic E-state index is 13.2. The molecule has 1 saturated heterocycles. The molecule has 0 radical (unpaired) electrons. The van der Waals surface area contributed by atoms with Crippen molar-refractivity contribution in [3.63, 3.8) is 0 Å². The minimum absolute atomic E-state index is 0.0208. The summed E-state index contributed by atoms with van der Waals surface area (Å²) in [6, 6.07) is 13.6. The summed E-state index contributed by atoms with van der Waals surface area (Å²) in [6.45, 7) is 9.75. The molecule has 29 heavy (non-hydrogen) atoms. The van der Waals surface area contributed by atoms with Crippen LogP contribution in [0, 0.1) is 13.8 Å². The van der Waals surface area contributed by atoms with E-state index < -0.39 is 0 Å². The minimum atomic E-state index is -0.269. The standard InChI is InChI=1S/C23H28N4O2/c1-16-7-6-10-20(17(16)2)26-13-11-25(12-14-26)18(3)23(29)27-15-22(28)24-19-8-4-5-9-21(19)27/h4-10,18H,11-15H2,1-3H3,(H,24,28)/t18-/m0/s1. The Morgan fingerprint density at radius 3 is 2.41 bits per heavy atom. The van der Waals surface area contributed by atoms with E-state index in [0.29, 0.717) is 5.69 Å². The second-order valence-electron chi connectivity index (χ2n) is 7.91. The summed E-state index contributed by atoms with van der Waals surface area (Å²) in [5.41, 5.74) is 5.38. The highest BCUT2D eigenvalue weighted by molar-refractivity contribution is 6.11. The lowest BCUT2D eigenvalue weighted by Crippen LogP contribution is -2.56. The largest absolute Gasteiger partial charge is 0.369 e. The molecule has 0 aromatic heterocycles. The number of benzene rings is 2. The Balaban J connectivity index is 1.45. The zero-order valence-electron chi connectivity index (χ0n) is 17.3. The molecule has 2 aromatic rings. The average molecular weight is 393 g/mol. The maximum absolute atomic E-state index is 13.2. The van der Waals surface area contributed by atoms with Gasteiger partial charge < -0.3 is 10.2 Å². The second kappa shape index (κ2) is 7.87. The number of carbonyl (C=O) groups is 2. The van der Waals surface area contributed by atoms with Gasteiger partial charge in [0.15, 0.2) is 0 Å². The Morgan fingerprint density at radius 1 is 0.966 bits per heavy atom. The SMILES string of the molecule is Cc1cccc(N2CCN([C@@H](C)C(=O)N3CC(=O)Nc4ccccc43)CC2)c1C. The van der Waals surface area contributed by atoms with E-state index in [1.165, 1.54) is 16.8 Å². The first-order valence-corrected chi connectivity index (χ1v) is 10.2. The van der Waals surface area contributed by atoms with Crippen LogP contribution in [0.1, 0.15) is 18.1 Å². The van der Waals surface area contributed by atoms with Crippen LogP contribution in [-0.4, -0.2) is 55.5 Å². The van der Waals surface area contributed by atoms with Crippen LogP contribution in [0.2, 0.25) is 0 Å². The van der Waals surface area contributed by atoms with Gasteiger partial charge in [-0.15, -0.1) is 0 Å². The fraction of sp³-hybridized carbons (Fsp3) is 0.391. The lowest BCUT2D eigenvalue weighted by Gasteiger charge is -2.41. The molecule has 1 fully saturated rings. The van der Waals surface area contributed by atoms with Crippen LogP contribution in [-0.2, 0) is 9.59 Å². The molecule has 0 unspecified atom stereocenters. The average Bonchev–Trinajstić information content (AvgIpc) is 2.74. The van der Waals surface area contributed by atoms with Crippen LogP contribution in [0.5, 0.6) is 0 Å². The van der Waals surface area contributed by atoms with E-state index >= 15 is 0 Å². The number of carbonyl (C=O) groups excluding carboxylic acids is 2. The van der Waals surface area contributed by atoms with Crippen molar-refractivity contribution in [3.8, 4) is 0 Å². The van der Waals surface area contributed by atoms with Gasteiger partial charge in [-0.2, -0.15) is 0 Å². The van der Waals surface area contributed by atoms with Crippen molar-refractivity contribution in [1.29, 1.82) is 0 Å². The highest BCUT2D eigenvalue weighted by Crippen LogP contribution is 2.30. The van der Waals surface area contributed by atoms with Crippen molar-refractivity contribution >= 4 is 28.9 Å². The van der Waals surface area contributed by atoms with Crippen molar-refractivity contribution in [3.05, 3.63) is 53.6 Å². The number of para-hydroxylation sites is 2. The topological polar surface area (TPSA) is 55.9 Å². The molecule has 0 aliphatic carbocycles. The van der Waals surface area contributed by atoms with Crippen LogP contribution >= 0.6 is 0 Å². The molecular weight excluding hydrogens is 364 g/mol. The molecule has 0 bridgehead atoms. The third-order valence-corrected chi connectivity index (χ3v) is 6.17. The summed E-state index contributed by atoms with van der Waals surface area (Å²) >= 11 is 0. The zero-order valence-corrected chi connectivity index (χ0v) is 17.3. The van der Waals surface area contributed by atoms with Gasteiger partial charge in [0.25, 0.3) is 0 Å². The molecule has 1 atom stereocenters. The maximum Gasteiger partial charge on any atom is 0.244 e. The number of aryl methyl sites for hydroxylation is 1. The monoisotopic (exact) mass is 392 g/mol. The van der Waals surface area contributed by atoms with Crippen molar-refractivity contribution in [2.75, 3.05) is 47.8 Å². The van der Waals surface area contributed by atoms with Crippen LogP contribution in [0.4, 0.5) is 17.1 Å². The van der Waals surface area contributed by atoms with Gasteiger partial charge in [0.05, 0.1) is 17.4 Å². The highest BCUT2D eigenvalue weighted by atomic mass is 16.2. The summed E-state index contributed by atoms with van der Waals surface area (Å²) in [5.74, 6) is -0.170. The van der Waals surface area contributed by atoms with Gasteiger partial charge in [0, 0.05) is 31.9 Å². The number of fused-ring (bicyclic) bond motifs is 1. The van der Waals surface area contributed by atoms with E-state index in [9.17, 15) is 9.59 Å². The number of rotatable bonds is 3. The van der Waals surface area contributed by atoms with Crippen LogP contribution in [0.15, 0.2) is 42.5 Å². The number of amides is 2. The van der Waals surface area contributed by atoms with E-state index in [0.717, 1.165) is 31.9 Å². The molecule has 2 aliphatic heterocycles. The molecule has 2 aliphatic rings. The molecule has 6 nitrogen and oxygen atoms in total. The third-order valence-electron chi connectivity index (χ3n) is 6.17. The summed E-state index contributed by atoms with van der Waals surface area (Å²) in [5, 5.41) is 2.84. The molecule has 6 heteroatoms. The van der Waals surface area contributed by atoms with E-state index in [2.05, 4.69) is 47.2 Å². The first-order chi connectivity index (χ1) is 14.0.